The van der Waals surface area contributed by atoms with Gasteiger partial charge in [-0.05, 0) is 17.7 Å². The maximum atomic E-state index is 12.6. The Bertz CT molecular complexity index is 653. The summed E-state index contributed by atoms with van der Waals surface area (Å²) in [6.45, 7) is 4.61. The summed E-state index contributed by atoms with van der Waals surface area (Å²) in [6.07, 6.45) is 0.929. The first-order valence-electron chi connectivity index (χ1n) is 8.54. The molecule has 0 radical (unpaired) electrons. The van der Waals surface area contributed by atoms with Gasteiger partial charge in [0.15, 0.2) is 0 Å². The number of thioether (sulfide) groups is 1. The molecule has 7 nitrogen and oxygen atoms in total. The predicted molar refractivity (Wildman–Crippen MR) is 102 cm³/mol. The lowest BCUT2D eigenvalue weighted by Gasteiger charge is -2.43. The molecule has 142 valence electrons. The van der Waals surface area contributed by atoms with E-state index in [2.05, 4.69) is 5.32 Å². The highest BCUT2D eigenvalue weighted by Gasteiger charge is 2.44. The van der Waals surface area contributed by atoms with Crippen LogP contribution in [0.2, 0.25) is 0 Å². The third-order valence-electron chi connectivity index (χ3n) is 4.12. The second-order valence-electron chi connectivity index (χ2n) is 6.72. The van der Waals surface area contributed by atoms with Crippen LogP contribution in [0.4, 0.5) is 4.79 Å². The number of benzene rings is 1. The average Bonchev–Trinajstić information content (AvgIpc) is 2.58. The van der Waals surface area contributed by atoms with E-state index in [1.807, 2.05) is 50.4 Å². The van der Waals surface area contributed by atoms with Crippen molar-refractivity contribution in [2.24, 2.45) is 11.7 Å². The van der Waals surface area contributed by atoms with Crippen LogP contribution in [0.25, 0.3) is 0 Å². The van der Waals surface area contributed by atoms with E-state index in [1.54, 1.807) is 0 Å². The van der Waals surface area contributed by atoms with Crippen LogP contribution < -0.4 is 11.1 Å². The molecule has 1 aliphatic rings. The number of hydrogen-bond donors (Lipinski definition) is 2. The standard InChI is InChI=1S/C18H26N4O3S/c1-12(2)9-21(14(23)11-26-3)15-16(19)22(18(25)20-17(15)24)10-13-7-5-4-6-8-13/h4-8,12,15-16H,9-11,19H2,1-3H3,(H,20,24,25). The van der Waals surface area contributed by atoms with Crippen molar-refractivity contribution < 1.29 is 14.4 Å². The van der Waals surface area contributed by atoms with E-state index in [0.717, 1.165) is 5.56 Å². The van der Waals surface area contributed by atoms with Crippen molar-refractivity contribution in [2.45, 2.75) is 32.6 Å². The van der Waals surface area contributed by atoms with Gasteiger partial charge in [-0.3, -0.25) is 14.9 Å². The van der Waals surface area contributed by atoms with Crippen LogP contribution in [0.5, 0.6) is 0 Å². The molecule has 0 aromatic heterocycles. The summed E-state index contributed by atoms with van der Waals surface area (Å²) in [4.78, 5) is 40.3. The molecule has 0 spiro atoms. The lowest BCUT2D eigenvalue weighted by Crippen LogP contribution is -2.71. The predicted octanol–water partition coefficient (Wildman–Crippen LogP) is 1.24. The Morgan fingerprint density at radius 3 is 2.54 bits per heavy atom. The molecular formula is C18H26N4O3S. The van der Waals surface area contributed by atoms with Gasteiger partial charge in [-0.2, -0.15) is 11.8 Å². The number of imide groups is 1. The molecule has 1 aliphatic heterocycles. The molecule has 26 heavy (non-hydrogen) atoms. The molecule has 1 aromatic rings. The van der Waals surface area contributed by atoms with Crippen molar-refractivity contribution in [3.8, 4) is 0 Å². The van der Waals surface area contributed by atoms with E-state index in [-0.39, 0.29) is 24.1 Å². The molecule has 1 heterocycles. The molecule has 8 heteroatoms. The quantitative estimate of drug-likeness (QED) is 0.744. The largest absolute Gasteiger partial charge is 0.326 e. The fourth-order valence-electron chi connectivity index (χ4n) is 2.97. The number of carbonyl (C=O) groups excluding carboxylic acids is 3. The van der Waals surface area contributed by atoms with E-state index < -0.39 is 24.1 Å². The zero-order valence-electron chi connectivity index (χ0n) is 15.3. The Morgan fingerprint density at radius 1 is 1.31 bits per heavy atom. The minimum Gasteiger partial charge on any atom is -0.326 e. The fraction of sp³-hybridized carbons (Fsp3) is 0.500. The van der Waals surface area contributed by atoms with Gasteiger partial charge in [0.2, 0.25) is 5.91 Å². The van der Waals surface area contributed by atoms with Crippen molar-refractivity contribution in [2.75, 3.05) is 18.6 Å². The monoisotopic (exact) mass is 378 g/mol. The lowest BCUT2D eigenvalue weighted by atomic mass is 10.1. The van der Waals surface area contributed by atoms with Crippen molar-refractivity contribution in [1.82, 2.24) is 15.1 Å². The number of hydrogen-bond acceptors (Lipinski definition) is 5. The third kappa shape index (κ3) is 4.76. The summed E-state index contributed by atoms with van der Waals surface area (Å²) in [6, 6.07) is 7.96. The maximum absolute atomic E-state index is 12.6. The maximum Gasteiger partial charge on any atom is 0.325 e. The highest BCUT2D eigenvalue weighted by atomic mass is 32.2. The average molecular weight is 378 g/mol. The van der Waals surface area contributed by atoms with E-state index in [4.69, 9.17) is 5.73 Å². The van der Waals surface area contributed by atoms with Crippen LogP contribution in [0.3, 0.4) is 0 Å². The molecule has 1 fully saturated rings. The molecule has 0 aliphatic carbocycles. The third-order valence-corrected chi connectivity index (χ3v) is 4.66. The van der Waals surface area contributed by atoms with Crippen LogP contribution in [0, 0.1) is 5.92 Å². The molecule has 2 rings (SSSR count). The van der Waals surface area contributed by atoms with E-state index in [9.17, 15) is 14.4 Å². The van der Waals surface area contributed by atoms with Gasteiger partial charge in [0.1, 0.15) is 12.2 Å². The Labute approximate surface area is 158 Å². The highest BCUT2D eigenvalue weighted by Crippen LogP contribution is 2.19. The summed E-state index contributed by atoms with van der Waals surface area (Å²) in [5.74, 6) is -0.255. The molecule has 3 N–H and O–H groups in total. The number of nitrogens with one attached hydrogen (secondary N) is 1. The van der Waals surface area contributed by atoms with Crippen LogP contribution in [0.15, 0.2) is 30.3 Å². The van der Waals surface area contributed by atoms with Crippen molar-refractivity contribution in [3.05, 3.63) is 35.9 Å². The number of amides is 4. The lowest BCUT2D eigenvalue weighted by molar-refractivity contribution is -0.143. The normalized spacial score (nSPS) is 20.3. The minimum absolute atomic E-state index is 0.157. The van der Waals surface area contributed by atoms with Gasteiger partial charge in [0.25, 0.3) is 5.91 Å². The number of rotatable bonds is 7. The number of nitrogens with zero attached hydrogens (tertiary/aromatic N) is 2. The summed E-state index contributed by atoms with van der Waals surface area (Å²) in [7, 11) is 0. The Kier molecular flexibility index (Phi) is 7.05. The highest BCUT2D eigenvalue weighted by molar-refractivity contribution is 7.99. The second-order valence-corrected chi connectivity index (χ2v) is 7.58. The van der Waals surface area contributed by atoms with Gasteiger partial charge >= 0.3 is 6.03 Å². The first kappa shape index (κ1) is 20.3. The van der Waals surface area contributed by atoms with Crippen LogP contribution in [0.1, 0.15) is 19.4 Å². The summed E-state index contributed by atoms with van der Waals surface area (Å²) in [5.41, 5.74) is 7.21. The fourth-order valence-corrected chi connectivity index (χ4v) is 3.38. The van der Waals surface area contributed by atoms with Gasteiger partial charge in [-0.15, -0.1) is 0 Å². The zero-order valence-corrected chi connectivity index (χ0v) is 16.2. The molecule has 4 amide bonds. The van der Waals surface area contributed by atoms with E-state index >= 15 is 0 Å². The van der Waals surface area contributed by atoms with Crippen LogP contribution in [-0.4, -0.2) is 58.4 Å². The summed E-state index contributed by atoms with van der Waals surface area (Å²) >= 11 is 1.39. The zero-order chi connectivity index (χ0) is 19.3. The molecule has 0 saturated carbocycles. The van der Waals surface area contributed by atoms with Crippen LogP contribution in [-0.2, 0) is 16.1 Å². The van der Waals surface area contributed by atoms with Crippen molar-refractivity contribution in [3.63, 3.8) is 0 Å². The second kappa shape index (κ2) is 9.05. The molecule has 0 bridgehead atoms. The van der Waals surface area contributed by atoms with Crippen LogP contribution >= 0.6 is 11.8 Å². The van der Waals surface area contributed by atoms with Crippen molar-refractivity contribution in [1.29, 1.82) is 0 Å². The Morgan fingerprint density at radius 2 is 1.96 bits per heavy atom. The Balaban J connectivity index is 2.28. The molecule has 2 atom stereocenters. The van der Waals surface area contributed by atoms with Gasteiger partial charge in [-0.25, -0.2) is 4.79 Å². The topological polar surface area (TPSA) is 95.7 Å². The first-order valence-corrected chi connectivity index (χ1v) is 9.94. The summed E-state index contributed by atoms with van der Waals surface area (Å²) < 4.78 is 0. The Hall–Kier alpha value is -2.06. The smallest absolute Gasteiger partial charge is 0.325 e. The number of urea groups is 1. The molecule has 1 aromatic carbocycles. The van der Waals surface area contributed by atoms with Gasteiger partial charge in [0.05, 0.1) is 5.75 Å². The number of nitrogens with two attached hydrogens (primary N) is 1. The van der Waals surface area contributed by atoms with E-state index in [0.29, 0.717) is 6.54 Å². The van der Waals surface area contributed by atoms with Gasteiger partial charge < -0.3 is 15.5 Å². The van der Waals surface area contributed by atoms with Gasteiger partial charge in [0, 0.05) is 13.1 Å². The minimum atomic E-state index is -0.904. The first-order chi connectivity index (χ1) is 12.3. The molecule has 2 unspecified atom stereocenters. The molecule has 1 saturated heterocycles. The van der Waals surface area contributed by atoms with E-state index in [1.165, 1.54) is 21.6 Å². The van der Waals surface area contributed by atoms with Gasteiger partial charge in [-0.1, -0.05) is 44.2 Å². The SMILES string of the molecule is CSCC(=O)N(CC(C)C)C1C(=O)NC(=O)N(Cc2ccccc2)C1N. The molecular weight excluding hydrogens is 352 g/mol. The number of carbonyl (C=O) groups is 3. The summed E-state index contributed by atoms with van der Waals surface area (Å²) in [5, 5.41) is 2.35. The van der Waals surface area contributed by atoms with Crippen molar-refractivity contribution >= 4 is 29.6 Å².